The molecule has 4 rings (SSSR count). The van der Waals surface area contributed by atoms with Crippen molar-refractivity contribution < 1.29 is 9.32 Å². The van der Waals surface area contributed by atoms with Gasteiger partial charge in [0.2, 0.25) is 5.95 Å². The molecule has 2 aromatic rings. The number of anilines is 3. The highest BCUT2D eigenvalue weighted by Gasteiger charge is 2.29. The molecule has 0 spiro atoms. The van der Waals surface area contributed by atoms with E-state index in [9.17, 15) is 9.32 Å². The van der Waals surface area contributed by atoms with Crippen molar-refractivity contribution in [3.8, 4) is 0 Å². The highest BCUT2D eigenvalue weighted by Crippen LogP contribution is 2.31. The largest absolute Gasteiger partial charge is 0.394 e. The molecule has 2 atom stereocenters. The normalized spacial score (nSPS) is 19.8. The monoisotopic (exact) mass is 429 g/mol. The maximum atomic E-state index is 12.5. The van der Waals surface area contributed by atoms with Crippen LogP contribution in [0.25, 0.3) is 0 Å². The van der Waals surface area contributed by atoms with Gasteiger partial charge in [-0.05, 0) is 30.5 Å². The van der Waals surface area contributed by atoms with E-state index >= 15 is 0 Å². The van der Waals surface area contributed by atoms with Crippen LogP contribution in [0.2, 0.25) is 0 Å². The van der Waals surface area contributed by atoms with E-state index in [1.54, 1.807) is 0 Å². The predicted octanol–water partition coefficient (Wildman–Crippen LogP) is 2.20. The van der Waals surface area contributed by atoms with Crippen LogP contribution in [0, 0.1) is 12.8 Å². The first-order chi connectivity index (χ1) is 14.5. The molecule has 162 valence electrons. The number of aromatic nitrogens is 2. The number of aryl methyl sites for hydroxylation is 2. The van der Waals surface area contributed by atoms with Crippen LogP contribution in [-0.4, -0.2) is 63.9 Å². The zero-order chi connectivity index (χ0) is 21.3. The fourth-order valence-electron chi connectivity index (χ4n) is 4.01. The summed E-state index contributed by atoms with van der Waals surface area (Å²) in [6, 6.07) is 8.47. The topological polar surface area (TPSA) is 81.6 Å². The summed E-state index contributed by atoms with van der Waals surface area (Å²) in [7, 11) is -1.08. The molecule has 1 aromatic carbocycles. The van der Waals surface area contributed by atoms with Crippen molar-refractivity contribution in [2.75, 3.05) is 53.7 Å². The highest BCUT2D eigenvalue weighted by atomic mass is 32.2. The number of aliphatic hydroxyl groups excluding tert-OH is 1. The van der Waals surface area contributed by atoms with Crippen LogP contribution >= 0.6 is 0 Å². The fourth-order valence-corrected chi connectivity index (χ4v) is 5.32. The molecular weight excluding hydrogens is 398 g/mol. The molecule has 2 N–H and O–H groups in total. The molecule has 0 radical (unpaired) electrons. The number of nitrogens with zero attached hydrogens (tertiary/aromatic N) is 4. The van der Waals surface area contributed by atoms with Gasteiger partial charge in [0, 0.05) is 44.0 Å². The molecule has 1 saturated heterocycles. The number of nitrogens with one attached hydrogen (secondary N) is 1. The Kier molecular flexibility index (Phi) is 6.24. The Labute approximate surface area is 181 Å². The lowest BCUT2D eigenvalue weighted by Crippen LogP contribution is -2.47. The van der Waals surface area contributed by atoms with Gasteiger partial charge in [0.15, 0.2) is 0 Å². The summed E-state index contributed by atoms with van der Waals surface area (Å²) < 4.78 is 12.5. The van der Waals surface area contributed by atoms with Crippen LogP contribution in [0.5, 0.6) is 0 Å². The maximum Gasteiger partial charge on any atom is 0.227 e. The number of fused-ring (bicyclic) bond motifs is 1. The second-order valence-electron chi connectivity index (χ2n) is 8.44. The summed E-state index contributed by atoms with van der Waals surface area (Å²) in [5, 5.41) is 13.1. The molecule has 1 unspecified atom stereocenters. The summed E-state index contributed by atoms with van der Waals surface area (Å²) in [4.78, 5) is 14.9. The van der Waals surface area contributed by atoms with Gasteiger partial charge in [0.1, 0.15) is 10.7 Å². The zero-order valence-electron chi connectivity index (χ0n) is 18.0. The van der Waals surface area contributed by atoms with Crippen LogP contribution in [0.15, 0.2) is 29.2 Å². The van der Waals surface area contributed by atoms with Crippen LogP contribution < -0.4 is 15.1 Å². The first-order valence-electron chi connectivity index (χ1n) is 10.7. The van der Waals surface area contributed by atoms with E-state index in [1.165, 1.54) is 11.3 Å². The average Bonchev–Trinajstić information content (AvgIpc) is 3.12. The van der Waals surface area contributed by atoms with E-state index in [0.717, 1.165) is 36.8 Å². The van der Waals surface area contributed by atoms with Gasteiger partial charge in [0.25, 0.3) is 0 Å². The third kappa shape index (κ3) is 4.30. The van der Waals surface area contributed by atoms with Crippen LogP contribution in [0.4, 0.5) is 17.5 Å². The third-order valence-electron chi connectivity index (χ3n) is 5.93. The standard InChI is InChI=1S/C22H31N5O2S/c1-15(2)19(14-28)23-21-20-18(7-12-30(20)29)24-22(25-21)27-10-8-26(9-11-27)17-6-4-5-16(3)13-17/h4-6,13,15,19,28H,7-12,14H2,1-3H3,(H,23,24,25)/t19-,30?/m0/s1. The van der Waals surface area contributed by atoms with Gasteiger partial charge in [-0.1, -0.05) is 26.0 Å². The van der Waals surface area contributed by atoms with E-state index in [-0.39, 0.29) is 18.6 Å². The van der Waals surface area contributed by atoms with Gasteiger partial charge in [-0.2, -0.15) is 4.98 Å². The zero-order valence-corrected chi connectivity index (χ0v) is 18.8. The van der Waals surface area contributed by atoms with Crippen molar-refractivity contribution in [2.45, 2.75) is 38.1 Å². The molecule has 7 nitrogen and oxygen atoms in total. The molecule has 0 bridgehead atoms. The molecule has 30 heavy (non-hydrogen) atoms. The quantitative estimate of drug-likeness (QED) is 0.729. The minimum absolute atomic E-state index is 0.00752. The molecule has 1 aromatic heterocycles. The van der Waals surface area contributed by atoms with Gasteiger partial charge in [-0.25, -0.2) is 4.98 Å². The van der Waals surface area contributed by atoms with Crippen molar-refractivity contribution in [2.24, 2.45) is 5.92 Å². The van der Waals surface area contributed by atoms with E-state index < -0.39 is 10.8 Å². The minimum Gasteiger partial charge on any atom is -0.394 e. The number of rotatable bonds is 6. The van der Waals surface area contributed by atoms with Crippen LogP contribution in [-0.2, 0) is 17.2 Å². The van der Waals surface area contributed by atoms with Crippen molar-refractivity contribution >= 4 is 28.3 Å². The van der Waals surface area contributed by atoms with Crippen molar-refractivity contribution in [3.05, 3.63) is 35.5 Å². The molecule has 0 amide bonds. The van der Waals surface area contributed by atoms with E-state index in [4.69, 9.17) is 9.97 Å². The third-order valence-corrected chi connectivity index (χ3v) is 7.39. The molecule has 3 heterocycles. The maximum absolute atomic E-state index is 12.5. The Balaban J connectivity index is 1.55. The van der Waals surface area contributed by atoms with Crippen molar-refractivity contribution in [1.29, 1.82) is 0 Å². The fraction of sp³-hybridized carbons (Fsp3) is 0.545. The summed E-state index contributed by atoms with van der Waals surface area (Å²) in [5.74, 6) is 2.14. The lowest BCUT2D eigenvalue weighted by Gasteiger charge is -2.36. The van der Waals surface area contributed by atoms with E-state index in [2.05, 4.69) is 60.2 Å². The smallest absolute Gasteiger partial charge is 0.227 e. The molecule has 0 aliphatic carbocycles. The van der Waals surface area contributed by atoms with E-state index in [0.29, 0.717) is 23.9 Å². The molecule has 2 aliphatic heterocycles. The molecular formula is C22H31N5O2S. The second-order valence-corrected chi connectivity index (χ2v) is 9.95. The van der Waals surface area contributed by atoms with Gasteiger partial charge < -0.3 is 20.2 Å². The summed E-state index contributed by atoms with van der Waals surface area (Å²) >= 11 is 0. The summed E-state index contributed by atoms with van der Waals surface area (Å²) in [6.07, 6.45) is 0.709. The Morgan fingerprint density at radius 1 is 1.17 bits per heavy atom. The van der Waals surface area contributed by atoms with Crippen molar-refractivity contribution in [1.82, 2.24) is 9.97 Å². The first kappa shape index (κ1) is 21.1. The second kappa shape index (κ2) is 8.89. The molecule has 0 saturated carbocycles. The SMILES string of the molecule is Cc1cccc(N2CCN(c3nc4c(c(N[C@@H](CO)C(C)C)n3)S(=O)CC4)CC2)c1. The Morgan fingerprint density at radius 2 is 1.90 bits per heavy atom. The molecule has 1 fully saturated rings. The highest BCUT2D eigenvalue weighted by molar-refractivity contribution is 7.85. The lowest BCUT2D eigenvalue weighted by atomic mass is 10.1. The number of piperazine rings is 1. The Morgan fingerprint density at radius 3 is 2.57 bits per heavy atom. The van der Waals surface area contributed by atoms with Crippen LogP contribution in [0.1, 0.15) is 25.1 Å². The number of hydrogen-bond acceptors (Lipinski definition) is 7. The number of benzene rings is 1. The Bertz CT molecular complexity index is 928. The molecule has 8 heteroatoms. The average molecular weight is 430 g/mol. The minimum atomic E-state index is -1.08. The van der Waals surface area contributed by atoms with Gasteiger partial charge in [0.05, 0.1) is 29.1 Å². The van der Waals surface area contributed by atoms with Crippen LogP contribution in [0.3, 0.4) is 0 Å². The molecule has 2 aliphatic rings. The number of hydrogen-bond donors (Lipinski definition) is 2. The summed E-state index contributed by atoms with van der Waals surface area (Å²) in [6.45, 7) is 9.72. The first-order valence-corrected chi connectivity index (χ1v) is 12.0. The lowest BCUT2D eigenvalue weighted by molar-refractivity contribution is 0.249. The Hall–Kier alpha value is -2.19. The predicted molar refractivity (Wildman–Crippen MR) is 122 cm³/mol. The van der Waals surface area contributed by atoms with Crippen molar-refractivity contribution in [3.63, 3.8) is 0 Å². The summed E-state index contributed by atoms with van der Waals surface area (Å²) in [5.41, 5.74) is 3.40. The number of aliphatic hydroxyl groups is 1. The van der Waals surface area contributed by atoms with Gasteiger partial charge >= 0.3 is 0 Å². The van der Waals surface area contributed by atoms with E-state index in [1.807, 2.05) is 0 Å². The van der Waals surface area contributed by atoms with Gasteiger partial charge in [-0.3, -0.25) is 4.21 Å². The van der Waals surface area contributed by atoms with Gasteiger partial charge in [-0.15, -0.1) is 0 Å².